The molecule has 0 aliphatic carbocycles. The fraction of sp³-hybridized carbons (Fsp3) is 0.375. The quantitative estimate of drug-likeness (QED) is 0.805. The molecule has 1 aromatic heterocycles. The molecule has 12 heteroatoms. The molecule has 0 spiro atoms. The molecule has 0 aliphatic heterocycles. The van der Waals surface area contributed by atoms with Gasteiger partial charge in [0.25, 0.3) is 16.4 Å². The molecule has 0 aliphatic rings. The summed E-state index contributed by atoms with van der Waals surface area (Å²) in [5.74, 6) is -1.31. The van der Waals surface area contributed by atoms with Crippen molar-refractivity contribution in [3.05, 3.63) is 17.3 Å². The second-order valence-corrected chi connectivity index (χ2v) is 4.91. The molecule has 0 fully saturated rings. The average molecular weight is 321 g/mol. The van der Waals surface area contributed by atoms with Crippen LogP contribution in [0.15, 0.2) is 11.1 Å². The maximum atomic E-state index is 12.6. The van der Waals surface area contributed by atoms with Gasteiger partial charge in [-0.2, -0.15) is 0 Å². The molecule has 1 heterocycles. The molecule has 0 saturated heterocycles. The van der Waals surface area contributed by atoms with E-state index in [2.05, 4.69) is 14.9 Å². The largest absolute Gasteiger partial charge is 0.573 e. The molecule has 0 atom stereocenters. The van der Waals surface area contributed by atoms with Gasteiger partial charge in [-0.05, 0) is 11.6 Å². The van der Waals surface area contributed by atoms with Gasteiger partial charge in [0.2, 0.25) is 5.03 Å². The van der Waals surface area contributed by atoms with Crippen molar-refractivity contribution in [2.75, 3.05) is 0 Å². The zero-order chi connectivity index (χ0) is 15.7. The number of nitrogens with zero attached hydrogens (tertiary/aromatic N) is 1. The van der Waals surface area contributed by atoms with E-state index in [4.69, 9.17) is 5.73 Å². The number of hydrogen-bond donors (Lipinski definition) is 2. The summed E-state index contributed by atoms with van der Waals surface area (Å²) in [7, 11) is -4.80. The fourth-order valence-electron chi connectivity index (χ4n) is 1.28. The summed E-state index contributed by atoms with van der Waals surface area (Å²) in [6.45, 7) is -0.591. The van der Waals surface area contributed by atoms with E-state index in [1.807, 2.05) is 0 Å². The molecule has 20 heavy (non-hydrogen) atoms. The van der Waals surface area contributed by atoms with Gasteiger partial charge in [0, 0.05) is 6.54 Å². The maximum absolute atomic E-state index is 12.6. The van der Waals surface area contributed by atoms with Crippen LogP contribution in [0.4, 0.5) is 22.0 Å². The van der Waals surface area contributed by atoms with E-state index in [0.29, 0.717) is 6.07 Å². The molecule has 0 radical (unpaired) electrons. The first-order valence-electron chi connectivity index (χ1n) is 4.76. The molecule has 0 aromatic carbocycles. The van der Waals surface area contributed by atoms with Gasteiger partial charge in [0.05, 0.1) is 0 Å². The number of primary sulfonamides is 1. The van der Waals surface area contributed by atoms with Gasteiger partial charge < -0.3 is 10.5 Å². The minimum Gasteiger partial charge on any atom is -0.403 e. The fourth-order valence-corrected chi connectivity index (χ4v) is 1.89. The molecule has 6 nitrogen and oxygen atoms in total. The predicted molar refractivity (Wildman–Crippen MR) is 55.1 cm³/mol. The smallest absolute Gasteiger partial charge is 0.403 e. The number of aromatic nitrogens is 1. The second kappa shape index (κ2) is 5.46. The van der Waals surface area contributed by atoms with Gasteiger partial charge in [0.15, 0.2) is 5.75 Å². The first-order valence-corrected chi connectivity index (χ1v) is 6.31. The summed E-state index contributed by atoms with van der Waals surface area (Å²) in [4.78, 5) is 2.93. The summed E-state index contributed by atoms with van der Waals surface area (Å²) in [6.07, 6.45) is -8.49. The van der Waals surface area contributed by atoms with Crippen molar-refractivity contribution in [3.8, 4) is 5.75 Å². The van der Waals surface area contributed by atoms with Crippen LogP contribution in [0.5, 0.6) is 5.75 Å². The highest BCUT2D eigenvalue weighted by molar-refractivity contribution is 7.89. The van der Waals surface area contributed by atoms with Crippen molar-refractivity contribution >= 4 is 10.0 Å². The van der Waals surface area contributed by atoms with E-state index in [1.54, 1.807) is 0 Å². The molecule has 1 aromatic rings. The number of rotatable bonds is 4. The topological polar surface area (TPSA) is 108 Å². The van der Waals surface area contributed by atoms with Crippen LogP contribution in [0.2, 0.25) is 0 Å². The van der Waals surface area contributed by atoms with E-state index >= 15 is 0 Å². The average Bonchev–Trinajstić information content (AvgIpc) is 2.24. The van der Waals surface area contributed by atoms with Crippen molar-refractivity contribution in [3.63, 3.8) is 0 Å². The van der Waals surface area contributed by atoms with Crippen molar-refractivity contribution < 1.29 is 35.1 Å². The van der Waals surface area contributed by atoms with Gasteiger partial charge in [0.1, 0.15) is 5.69 Å². The monoisotopic (exact) mass is 321 g/mol. The van der Waals surface area contributed by atoms with Crippen LogP contribution >= 0.6 is 0 Å². The van der Waals surface area contributed by atoms with Crippen LogP contribution in [-0.4, -0.2) is 19.8 Å². The number of halogens is 5. The number of sulfonamides is 1. The number of hydrogen-bond acceptors (Lipinski definition) is 5. The summed E-state index contributed by atoms with van der Waals surface area (Å²) in [6, 6.07) is 0.418. The molecule has 0 saturated carbocycles. The minimum atomic E-state index is -5.25. The maximum Gasteiger partial charge on any atom is 0.573 e. The lowest BCUT2D eigenvalue weighted by molar-refractivity contribution is -0.275. The van der Waals surface area contributed by atoms with Gasteiger partial charge >= 0.3 is 6.36 Å². The molecule has 0 unspecified atom stereocenters. The highest BCUT2D eigenvalue weighted by Gasteiger charge is 2.35. The number of alkyl halides is 5. The van der Waals surface area contributed by atoms with Gasteiger partial charge in [-0.3, -0.25) is 0 Å². The Morgan fingerprint density at radius 2 is 1.90 bits per heavy atom. The highest BCUT2D eigenvalue weighted by Crippen LogP contribution is 2.32. The lowest BCUT2D eigenvalue weighted by atomic mass is 10.2. The van der Waals surface area contributed by atoms with E-state index < -0.39 is 51.4 Å². The van der Waals surface area contributed by atoms with E-state index in [0.717, 1.165) is 0 Å². The van der Waals surface area contributed by atoms with Crippen molar-refractivity contribution in [2.45, 2.75) is 24.4 Å². The predicted octanol–water partition coefficient (Wildman–Crippen LogP) is 1.02. The summed E-state index contributed by atoms with van der Waals surface area (Å²) < 4.78 is 87.3. The third kappa shape index (κ3) is 3.98. The Hall–Kier alpha value is -1.53. The van der Waals surface area contributed by atoms with Crippen LogP contribution in [0, 0.1) is 0 Å². The lowest BCUT2D eigenvalue weighted by Gasteiger charge is -2.15. The Balaban J connectivity index is 3.56. The molecule has 0 amide bonds. The number of nitrogens with two attached hydrogens (primary N) is 2. The molecule has 4 N–H and O–H groups in total. The summed E-state index contributed by atoms with van der Waals surface area (Å²) in [5, 5.41) is 3.18. The normalized spacial score (nSPS) is 12.8. The Bertz CT molecular complexity index is 602. The lowest BCUT2D eigenvalue weighted by Crippen LogP contribution is -2.23. The standard InChI is InChI=1S/C8H8F5N3O3S/c9-6(10)5-3(2-14)1-4(19-8(11,12)13)7(16-5)20(15,17)18/h1,6H,2,14H2,(H2,15,17,18). The Labute approximate surface area is 109 Å². The van der Waals surface area contributed by atoms with Crippen LogP contribution in [-0.2, 0) is 16.6 Å². The third-order valence-corrected chi connectivity index (χ3v) is 2.82. The highest BCUT2D eigenvalue weighted by atomic mass is 32.2. The van der Waals surface area contributed by atoms with Crippen molar-refractivity contribution in [1.29, 1.82) is 0 Å². The van der Waals surface area contributed by atoms with Gasteiger partial charge in [-0.25, -0.2) is 27.3 Å². The number of pyridine rings is 1. The van der Waals surface area contributed by atoms with E-state index in [9.17, 15) is 30.4 Å². The minimum absolute atomic E-state index is 0.418. The van der Waals surface area contributed by atoms with Gasteiger partial charge in [-0.1, -0.05) is 0 Å². The third-order valence-electron chi connectivity index (χ3n) is 1.99. The molecular formula is C8H8F5N3O3S. The zero-order valence-corrected chi connectivity index (χ0v) is 10.3. The summed E-state index contributed by atoms with van der Waals surface area (Å²) >= 11 is 0. The van der Waals surface area contributed by atoms with Gasteiger partial charge in [-0.15, -0.1) is 13.2 Å². The SMILES string of the molecule is NCc1cc(OC(F)(F)F)c(S(N)(=O)=O)nc1C(F)F. The molecule has 114 valence electrons. The first-order chi connectivity index (χ1) is 8.95. The molecule has 1 rings (SSSR count). The zero-order valence-electron chi connectivity index (χ0n) is 9.49. The number of ether oxygens (including phenoxy) is 1. The van der Waals surface area contributed by atoms with E-state index in [-0.39, 0.29) is 0 Å². The Morgan fingerprint density at radius 3 is 2.25 bits per heavy atom. The van der Waals surface area contributed by atoms with Crippen molar-refractivity contribution in [1.82, 2.24) is 4.98 Å². The Morgan fingerprint density at radius 1 is 1.35 bits per heavy atom. The van der Waals surface area contributed by atoms with Crippen LogP contribution in [0.1, 0.15) is 17.7 Å². The van der Waals surface area contributed by atoms with Crippen molar-refractivity contribution in [2.24, 2.45) is 10.9 Å². The van der Waals surface area contributed by atoms with Crippen LogP contribution in [0.25, 0.3) is 0 Å². The summed E-state index contributed by atoms with van der Waals surface area (Å²) in [5.41, 5.74) is 3.52. The first kappa shape index (κ1) is 16.5. The van der Waals surface area contributed by atoms with Crippen LogP contribution in [0.3, 0.4) is 0 Å². The molecule has 0 bridgehead atoms. The second-order valence-electron chi connectivity index (χ2n) is 3.43. The van der Waals surface area contributed by atoms with Crippen LogP contribution < -0.4 is 15.6 Å². The van der Waals surface area contributed by atoms with E-state index in [1.165, 1.54) is 0 Å². The molecular weight excluding hydrogens is 313 g/mol. The Kier molecular flexibility index (Phi) is 4.51.